The van der Waals surface area contributed by atoms with Crippen LogP contribution < -0.4 is 18.9 Å². The van der Waals surface area contributed by atoms with E-state index in [2.05, 4.69) is 0 Å². The predicted octanol–water partition coefficient (Wildman–Crippen LogP) is 4.15. The minimum atomic E-state index is -0.978. The number of methoxy groups -OCH3 is 2. The zero-order valence-electron chi connectivity index (χ0n) is 23.9. The Morgan fingerprint density at radius 2 is 1.27 bits per heavy atom. The third-order valence-electron chi connectivity index (χ3n) is 8.24. The predicted molar refractivity (Wildman–Crippen MR) is 149 cm³/mol. The summed E-state index contributed by atoms with van der Waals surface area (Å²) < 4.78 is 23.2. The maximum Gasteiger partial charge on any atom is 0.306 e. The summed E-state index contributed by atoms with van der Waals surface area (Å²) in [7, 11) is 3.19. The second-order valence-corrected chi connectivity index (χ2v) is 11.1. The van der Waals surface area contributed by atoms with Crippen molar-refractivity contribution in [3.05, 3.63) is 46.5 Å². The number of rotatable bonds is 12. The Morgan fingerprint density at radius 3 is 1.68 bits per heavy atom. The molecular formula is C31H38N2O8. The van der Waals surface area contributed by atoms with Gasteiger partial charge in [-0.3, -0.25) is 14.4 Å². The first-order valence-electron chi connectivity index (χ1n) is 14.2. The Kier molecular flexibility index (Phi) is 8.56. The molecule has 2 aromatic carbocycles. The fraction of sp³-hybridized carbons (Fsp3) is 0.516. The molecule has 2 aliphatic heterocycles. The molecular weight excluding hydrogens is 528 g/mol. The molecule has 220 valence electrons. The number of carboxylic acids is 1. The minimum absolute atomic E-state index is 0.0321. The highest BCUT2D eigenvalue weighted by molar-refractivity contribution is 5.82. The molecule has 0 aromatic heterocycles. The summed E-state index contributed by atoms with van der Waals surface area (Å²) in [5.74, 6) is 1.02. The standard InChI is InChI=1S/C31H38N2O8/c1-19(31(36)37)10-29(34)32-15-21-11-25(38-2)27(13-23(21)16-32)40-8-5-9-41-28-14-24-18-33(30(35)20-6-4-7-20)17-22(24)12-26(28)39-3/h11-14,19-20H,4-10,15-18H2,1-3H3,(H,36,37). The molecule has 10 heteroatoms. The molecule has 3 aliphatic rings. The lowest BCUT2D eigenvalue weighted by Gasteiger charge is -2.28. The number of carboxylic acid groups (broad SMARTS) is 1. The Morgan fingerprint density at radius 1 is 0.805 bits per heavy atom. The molecule has 2 heterocycles. The summed E-state index contributed by atoms with van der Waals surface area (Å²) in [4.78, 5) is 40.0. The highest BCUT2D eigenvalue weighted by Gasteiger charge is 2.33. The van der Waals surface area contributed by atoms with Gasteiger partial charge in [-0.1, -0.05) is 13.3 Å². The summed E-state index contributed by atoms with van der Waals surface area (Å²) in [6.07, 6.45) is 3.71. The molecule has 2 aromatic rings. The van der Waals surface area contributed by atoms with Crippen LogP contribution in [0.2, 0.25) is 0 Å². The van der Waals surface area contributed by atoms with Crippen molar-refractivity contribution in [3.63, 3.8) is 0 Å². The molecule has 1 aliphatic carbocycles. The van der Waals surface area contributed by atoms with E-state index in [-0.39, 0.29) is 24.2 Å². The molecule has 1 saturated carbocycles. The van der Waals surface area contributed by atoms with E-state index >= 15 is 0 Å². The third kappa shape index (κ3) is 6.21. The van der Waals surface area contributed by atoms with Crippen LogP contribution in [0.3, 0.4) is 0 Å². The maximum absolute atomic E-state index is 12.7. The topological polar surface area (TPSA) is 115 Å². The van der Waals surface area contributed by atoms with Gasteiger partial charge in [-0.25, -0.2) is 0 Å². The van der Waals surface area contributed by atoms with E-state index in [4.69, 9.17) is 24.1 Å². The molecule has 1 fully saturated rings. The number of hydrogen-bond donors (Lipinski definition) is 1. The van der Waals surface area contributed by atoms with Crippen LogP contribution in [-0.4, -0.2) is 60.1 Å². The zero-order chi connectivity index (χ0) is 29.1. The molecule has 5 rings (SSSR count). The van der Waals surface area contributed by atoms with Crippen molar-refractivity contribution in [2.75, 3.05) is 27.4 Å². The average Bonchev–Trinajstić information content (AvgIpc) is 3.54. The number of hydrogen-bond acceptors (Lipinski definition) is 7. The van der Waals surface area contributed by atoms with Crippen molar-refractivity contribution in [3.8, 4) is 23.0 Å². The third-order valence-corrected chi connectivity index (χ3v) is 8.24. The van der Waals surface area contributed by atoms with Gasteiger partial charge < -0.3 is 33.9 Å². The summed E-state index contributed by atoms with van der Waals surface area (Å²) >= 11 is 0. The number of amides is 2. The number of nitrogens with zero attached hydrogens (tertiary/aromatic N) is 2. The van der Waals surface area contributed by atoms with Crippen molar-refractivity contribution in [1.82, 2.24) is 9.80 Å². The molecule has 1 N–H and O–H groups in total. The highest BCUT2D eigenvalue weighted by atomic mass is 16.5. The van der Waals surface area contributed by atoms with Crippen LogP contribution in [0, 0.1) is 11.8 Å². The lowest BCUT2D eigenvalue weighted by Crippen LogP contribution is -2.35. The average molecular weight is 567 g/mol. The molecule has 41 heavy (non-hydrogen) atoms. The van der Waals surface area contributed by atoms with Gasteiger partial charge in [0.2, 0.25) is 11.8 Å². The molecule has 0 spiro atoms. The second-order valence-electron chi connectivity index (χ2n) is 11.1. The van der Waals surface area contributed by atoms with E-state index in [1.54, 1.807) is 19.1 Å². The first kappa shape index (κ1) is 28.6. The van der Waals surface area contributed by atoms with Gasteiger partial charge in [0, 0.05) is 44.9 Å². The van der Waals surface area contributed by atoms with Gasteiger partial charge in [0.15, 0.2) is 23.0 Å². The minimum Gasteiger partial charge on any atom is -0.493 e. The fourth-order valence-electron chi connectivity index (χ4n) is 5.50. The number of ether oxygens (including phenoxy) is 4. The van der Waals surface area contributed by atoms with Crippen LogP contribution in [0.25, 0.3) is 0 Å². The first-order valence-corrected chi connectivity index (χ1v) is 14.2. The van der Waals surface area contributed by atoms with Gasteiger partial charge in [0.05, 0.1) is 33.4 Å². The SMILES string of the molecule is COc1cc2c(cc1OCCCOc1cc3c(cc1OC)CN(C(=O)C1CCC1)C3)CN(C(=O)CC(C)C(=O)O)C2. The van der Waals surface area contributed by atoms with Gasteiger partial charge in [0.25, 0.3) is 0 Å². The number of fused-ring (bicyclic) bond motifs is 2. The highest BCUT2D eigenvalue weighted by Crippen LogP contribution is 2.38. The van der Waals surface area contributed by atoms with Gasteiger partial charge in [-0.2, -0.15) is 0 Å². The lowest BCUT2D eigenvalue weighted by atomic mass is 9.84. The van der Waals surface area contributed by atoms with Gasteiger partial charge in [-0.05, 0) is 59.4 Å². The van der Waals surface area contributed by atoms with E-state index in [0.29, 0.717) is 68.8 Å². The molecule has 1 atom stereocenters. The van der Waals surface area contributed by atoms with Crippen LogP contribution in [0.1, 0.15) is 61.3 Å². The van der Waals surface area contributed by atoms with Crippen molar-refractivity contribution in [2.24, 2.45) is 11.8 Å². The molecule has 10 nitrogen and oxygen atoms in total. The first-order chi connectivity index (χ1) is 19.8. The van der Waals surface area contributed by atoms with E-state index in [0.717, 1.165) is 41.5 Å². The summed E-state index contributed by atoms with van der Waals surface area (Å²) in [5, 5.41) is 9.12. The van der Waals surface area contributed by atoms with E-state index in [9.17, 15) is 14.4 Å². The Bertz CT molecular complexity index is 1320. The lowest BCUT2D eigenvalue weighted by molar-refractivity contribution is -0.145. The molecule has 2 amide bonds. The number of carbonyl (C=O) groups is 3. The van der Waals surface area contributed by atoms with Crippen molar-refractivity contribution >= 4 is 17.8 Å². The van der Waals surface area contributed by atoms with Gasteiger partial charge in [0.1, 0.15) is 0 Å². The maximum atomic E-state index is 12.7. The summed E-state index contributed by atoms with van der Waals surface area (Å²) in [5.41, 5.74) is 4.12. The van der Waals surface area contributed by atoms with E-state index in [1.165, 1.54) is 6.92 Å². The summed E-state index contributed by atoms with van der Waals surface area (Å²) in [6, 6.07) is 7.73. The Hall–Kier alpha value is -3.95. The van der Waals surface area contributed by atoms with Gasteiger partial charge in [-0.15, -0.1) is 0 Å². The van der Waals surface area contributed by atoms with Crippen molar-refractivity contribution in [1.29, 1.82) is 0 Å². The van der Waals surface area contributed by atoms with Crippen LogP contribution in [-0.2, 0) is 40.6 Å². The molecule has 0 bridgehead atoms. The largest absolute Gasteiger partial charge is 0.493 e. The number of benzene rings is 2. The van der Waals surface area contributed by atoms with E-state index in [1.807, 2.05) is 29.2 Å². The van der Waals surface area contributed by atoms with E-state index < -0.39 is 11.9 Å². The fourth-order valence-corrected chi connectivity index (χ4v) is 5.50. The molecule has 0 saturated heterocycles. The smallest absolute Gasteiger partial charge is 0.306 e. The quantitative estimate of drug-likeness (QED) is 0.381. The van der Waals surface area contributed by atoms with Crippen LogP contribution in [0.4, 0.5) is 0 Å². The second kappa shape index (κ2) is 12.3. The van der Waals surface area contributed by atoms with Crippen LogP contribution in [0.5, 0.6) is 23.0 Å². The van der Waals surface area contributed by atoms with Gasteiger partial charge >= 0.3 is 5.97 Å². The number of carbonyl (C=O) groups excluding carboxylic acids is 2. The monoisotopic (exact) mass is 566 g/mol. The normalized spacial score (nSPS) is 16.5. The Labute approximate surface area is 240 Å². The number of aliphatic carboxylic acids is 1. The van der Waals surface area contributed by atoms with Crippen molar-refractivity contribution in [2.45, 2.75) is 65.2 Å². The Balaban J connectivity index is 1.13. The van der Waals surface area contributed by atoms with Crippen molar-refractivity contribution < 1.29 is 38.4 Å². The van der Waals surface area contributed by atoms with Crippen LogP contribution in [0.15, 0.2) is 24.3 Å². The summed E-state index contributed by atoms with van der Waals surface area (Å²) in [6.45, 7) is 4.39. The molecule has 0 radical (unpaired) electrons. The zero-order valence-corrected chi connectivity index (χ0v) is 23.9. The molecule has 1 unspecified atom stereocenters. The van der Waals surface area contributed by atoms with Crippen LogP contribution >= 0.6 is 0 Å².